The Labute approximate surface area is 118 Å². The predicted octanol–water partition coefficient (Wildman–Crippen LogP) is 2.85. The average molecular weight is 265 g/mol. The maximum Gasteiger partial charge on any atom is 0.276 e. The lowest BCUT2D eigenvalue weighted by atomic mass is 10.1. The number of nitriles is 1. The Bertz CT molecular complexity index is 701. The molecule has 0 atom stereocenters. The van der Waals surface area contributed by atoms with Crippen molar-refractivity contribution in [3.63, 3.8) is 0 Å². The summed E-state index contributed by atoms with van der Waals surface area (Å²) in [6, 6.07) is 11.0. The fraction of sp³-hybridized carbons (Fsp3) is 0.188. The van der Waals surface area contributed by atoms with Gasteiger partial charge < -0.3 is 4.90 Å². The number of aryl methyl sites for hydroxylation is 2. The van der Waals surface area contributed by atoms with E-state index in [0.717, 1.165) is 16.8 Å². The molecule has 0 N–H and O–H groups in total. The molecular formula is C16H15N3O. The number of benzene rings is 1. The average Bonchev–Trinajstić information content (AvgIpc) is 2.48. The van der Waals surface area contributed by atoms with Gasteiger partial charge >= 0.3 is 0 Å². The van der Waals surface area contributed by atoms with Crippen LogP contribution >= 0.6 is 0 Å². The van der Waals surface area contributed by atoms with Crippen LogP contribution in [0.25, 0.3) is 0 Å². The monoisotopic (exact) mass is 265 g/mol. The molecule has 0 saturated heterocycles. The second-order valence-electron chi connectivity index (χ2n) is 4.70. The van der Waals surface area contributed by atoms with E-state index in [9.17, 15) is 4.79 Å². The highest BCUT2D eigenvalue weighted by molar-refractivity contribution is 6.05. The number of anilines is 1. The quantitative estimate of drug-likeness (QED) is 0.839. The number of amides is 1. The van der Waals surface area contributed by atoms with Crippen molar-refractivity contribution < 1.29 is 4.79 Å². The van der Waals surface area contributed by atoms with Crippen molar-refractivity contribution in [3.05, 3.63) is 58.9 Å². The van der Waals surface area contributed by atoms with Gasteiger partial charge in [0.25, 0.3) is 5.91 Å². The molecule has 1 heterocycles. The Morgan fingerprint density at radius 1 is 1.25 bits per heavy atom. The van der Waals surface area contributed by atoms with Crippen molar-refractivity contribution in [2.75, 3.05) is 11.9 Å². The SMILES string of the molecule is Cc1ccc(C)c(N(C)C(=O)c2cc(C#N)ccn2)c1. The first kappa shape index (κ1) is 13.8. The molecule has 100 valence electrons. The molecule has 0 aliphatic rings. The van der Waals surface area contributed by atoms with Gasteiger partial charge in [-0.1, -0.05) is 12.1 Å². The largest absolute Gasteiger partial charge is 0.310 e. The first-order chi connectivity index (χ1) is 9.52. The molecule has 4 nitrogen and oxygen atoms in total. The molecule has 2 aromatic rings. The van der Waals surface area contributed by atoms with Crippen LogP contribution in [0.4, 0.5) is 5.69 Å². The van der Waals surface area contributed by atoms with E-state index in [1.165, 1.54) is 12.3 Å². The van der Waals surface area contributed by atoms with Gasteiger partial charge in [0.05, 0.1) is 11.6 Å². The number of carbonyl (C=O) groups excluding carboxylic acids is 1. The Kier molecular flexibility index (Phi) is 3.81. The van der Waals surface area contributed by atoms with E-state index >= 15 is 0 Å². The van der Waals surface area contributed by atoms with E-state index in [2.05, 4.69) is 4.98 Å². The van der Waals surface area contributed by atoms with E-state index in [4.69, 9.17) is 5.26 Å². The maximum atomic E-state index is 12.4. The zero-order chi connectivity index (χ0) is 14.7. The van der Waals surface area contributed by atoms with E-state index < -0.39 is 0 Å². The summed E-state index contributed by atoms with van der Waals surface area (Å²) < 4.78 is 0. The molecule has 0 saturated carbocycles. The molecule has 0 bridgehead atoms. The highest BCUT2D eigenvalue weighted by Gasteiger charge is 2.16. The Balaban J connectivity index is 2.37. The molecule has 0 fully saturated rings. The Hall–Kier alpha value is -2.67. The lowest BCUT2D eigenvalue weighted by Gasteiger charge is -2.19. The van der Waals surface area contributed by atoms with Crippen LogP contribution in [0.15, 0.2) is 36.5 Å². The number of aromatic nitrogens is 1. The molecule has 4 heteroatoms. The van der Waals surface area contributed by atoms with Crippen LogP contribution in [-0.4, -0.2) is 17.9 Å². The van der Waals surface area contributed by atoms with Gasteiger partial charge in [-0.3, -0.25) is 9.78 Å². The number of hydrogen-bond donors (Lipinski definition) is 0. The van der Waals surface area contributed by atoms with E-state index in [1.54, 1.807) is 18.0 Å². The summed E-state index contributed by atoms with van der Waals surface area (Å²) in [6.45, 7) is 3.94. The van der Waals surface area contributed by atoms with Gasteiger partial charge in [-0.05, 0) is 43.2 Å². The minimum absolute atomic E-state index is 0.226. The molecule has 2 rings (SSSR count). The molecule has 1 aromatic carbocycles. The predicted molar refractivity (Wildman–Crippen MR) is 77.6 cm³/mol. The van der Waals surface area contributed by atoms with Crippen molar-refractivity contribution >= 4 is 11.6 Å². The normalized spacial score (nSPS) is 9.90. The molecule has 20 heavy (non-hydrogen) atoms. The van der Waals surface area contributed by atoms with Crippen molar-refractivity contribution in [1.29, 1.82) is 5.26 Å². The molecule has 0 unspecified atom stereocenters. The summed E-state index contributed by atoms with van der Waals surface area (Å²) in [7, 11) is 1.71. The van der Waals surface area contributed by atoms with E-state index in [0.29, 0.717) is 5.56 Å². The molecule has 1 aromatic heterocycles. The lowest BCUT2D eigenvalue weighted by Crippen LogP contribution is -2.27. The van der Waals surface area contributed by atoms with Crippen LogP contribution in [0.2, 0.25) is 0 Å². The van der Waals surface area contributed by atoms with Crippen LogP contribution in [0.1, 0.15) is 27.2 Å². The third kappa shape index (κ3) is 2.67. The topological polar surface area (TPSA) is 57.0 Å². The number of carbonyl (C=O) groups is 1. The zero-order valence-electron chi connectivity index (χ0n) is 11.7. The Morgan fingerprint density at radius 2 is 2.00 bits per heavy atom. The summed E-state index contributed by atoms with van der Waals surface area (Å²) in [5, 5.41) is 8.88. The summed E-state index contributed by atoms with van der Waals surface area (Å²) in [6.07, 6.45) is 1.47. The highest BCUT2D eigenvalue weighted by atomic mass is 16.2. The van der Waals surface area contributed by atoms with Gasteiger partial charge in [-0.15, -0.1) is 0 Å². The van der Waals surface area contributed by atoms with Crippen LogP contribution < -0.4 is 4.90 Å². The molecule has 1 amide bonds. The first-order valence-corrected chi connectivity index (χ1v) is 6.24. The summed E-state index contributed by atoms with van der Waals surface area (Å²) in [4.78, 5) is 18.0. The lowest BCUT2D eigenvalue weighted by molar-refractivity contribution is 0.0988. The highest BCUT2D eigenvalue weighted by Crippen LogP contribution is 2.21. The molecule has 0 aliphatic carbocycles. The van der Waals surface area contributed by atoms with Crippen molar-refractivity contribution in [3.8, 4) is 6.07 Å². The van der Waals surface area contributed by atoms with Gasteiger partial charge in [-0.2, -0.15) is 5.26 Å². The summed E-state index contributed by atoms with van der Waals surface area (Å²) in [5.74, 6) is -0.226. The molecule has 0 radical (unpaired) electrons. The Morgan fingerprint density at radius 3 is 2.70 bits per heavy atom. The van der Waals surface area contributed by atoms with Crippen molar-refractivity contribution in [1.82, 2.24) is 4.98 Å². The van der Waals surface area contributed by atoms with Gasteiger partial charge in [0.1, 0.15) is 5.69 Å². The standard InChI is InChI=1S/C16H15N3O/c1-11-4-5-12(2)15(8-11)19(3)16(20)14-9-13(10-17)6-7-18-14/h4-9H,1-3H3. The van der Waals surface area contributed by atoms with Crippen LogP contribution in [0, 0.1) is 25.2 Å². The summed E-state index contributed by atoms with van der Waals surface area (Å²) in [5.41, 5.74) is 3.65. The summed E-state index contributed by atoms with van der Waals surface area (Å²) >= 11 is 0. The third-order valence-electron chi connectivity index (χ3n) is 3.14. The molecular weight excluding hydrogens is 250 g/mol. The number of rotatable bonds is 2. The van der Waals surface area contributed by atoms with Crippen molar-refractivity contribution in [2.45, 2.75) is 13.8 Å². The van der Waals surface area contributed by atoms with Gasteiger partial charge in [0.15, 0.2) is 0 Å². The molecule has 0 spiro atoms. The van der Waals surface area contributed by atoms with Crippen molar-refractivity contribution in [2.24, 2.45) is 0 Å². The van der Waals surface area contributed by atoms with Crippen LogP contribution in [-0.2, 0) is 0 Å². The maximum absolute atomic E-state index is 12.4. The first-order valence-electron chi connectivity index (χ1n) is 6.24. The van der Waals surface area contributed by atoms with Crippen LogP contribution in [0.5, 0.6) is 0 Å². The zero-order valence-corrected chi connectivity index (χ0v) is 11.7. The van der Waals surface area contributed by atoms with E-state index in [-0.39, 0.29) is 11.6 Å². The number of pyridine rings is 1. The third-order valence-corrected chi connectivity index (χ3v) is 3.14. The van der Waals surface area contributed by atoms with E-state index in [1.807, 2.05) is 38.1 Å². The number of hydrogen-bond acceptors (Lipinski definition) is 3. The number of nitrogens with zero attached hydrogens (tertiary/aromatic N) is 3. The molecule has 0 aliphatic heterocycles. The van der Waals surface area contributed by atoms with Gasteiger partial charge in [0.2, 0.25) is 0 Å². The second kappa shape index (κ2) is 5.54. The fourth-order valence-electron chi connectivity index (χ4n) is 1.98. The van der Waals surface area contributed by atoms with Gasteiger partial charge in [0, 0.05) is 18.9 Å². The van der Waals surface area contributed by atoms with Gasteiger partial charge in [-0.25, -0.2) is 0 Å². The van der Waals surface area contributed by atoms with Crippen LogP contribution in [0.3, 0.4) is 0 Å². The smallest absolute Gasteiger partial charge is 0.276 e. The fourth-order valence-corrected chi connectivity index (χ4v) is 1.98. The minimum Gasteiger partial charge on any atom is -0.310 e. The minimum atomic E-state index is -0.226. The second-order valence-corrected chi connectivity index (χ2v) is 4.70.